The van der Waals surface area contributed by atoms with Crippen molar-refractivity contribution in [1.29, 1.82) is 0 Å². The zero-order valence-electron chi connectivity index (χ0n) is 16.7. The number of hydrogen-bond donors (Lipinski definition) is 0. The Morgan fingerprint density at radius 1 is 1.18 bits per heavy atom. The number of hydrogen-bond acceptors (Lipinski definition) is 3. The number of piperidine rings is 1. The number of anilines is 1. The van der Waals surface area contributed by atoms with E-state index >= 15 is 0 Å². The Morgan fingerprint density at radius 2 is 1.93 bits per heavy atom. The van der Waals surface area contributed by atoms with E-state index in [0.717, 1.165) is 31.6 Å². The summed E-state index contributed by atoms with van der Waals surface area (Å²) in [7, 11) is 1.61. The quantitative estimate of drug-likeness (QED) is 0.791. The number of rotatable bonds is 3. The molecule has 0 saturated carbocycles. The van der Waals surface area contributed by atoms with E-state index in [-0.39, 0.29) is 17.3 Å². The van der Waals surface area contributed by atoms with Crippen molar-refractivity contribution in [3.63, 3.8) is 0 Å². The first-order valence-electron chi connectivity index (χ1n) is 9.87. The Morgan fingerprint density at radius 3 is 2.64 bits per heavy atom. The molecule has 148 valence electrons. The number of benzene rings is 2. The molecule has 2 aromatic rings. The fourth-order valence-electron chi connectivity index (χ4n) is 5.02. The summed E-state index contributed by atoms with van der Waals surface area (Å²) < 4.78 is 18.6. The third-order valence-corrected chi connectivity index (χ3v) is 6.15. The van der Waals surface area contributed by atoms with Crippen molar-refractivity contribution in [3.05, 3.63) is 59.9 Å². The topological polar surface area (TPSA) is 32.8 Å². The summed E-state index contributed by atoms with van der Waals surface area (Å²) in [6, 6.07) is 14.5. The molecular formula is C23H27FN2O2. The third-order valence-electron chi connectivity index (χ3n) is 6.15. The molecule has 2 aliphatic rings. The van der Waals surface area contributed by atoms with E-state index < -0.39 is 0 Å². The van der Waals surface area contributed by atoms with Crippen molar-refractivity contribution in [2.24, 2.45) is 5.92 Å². The molecule has 0 N–H and O–H groups in total. The van der Waals surface area contributed by atoms with E-state index in [1.54, 1.807) is 13.2 Å². The van der Waals surface area contributed by atoms with Gasteiger partial charge in [-0.2, -0.15) is 0 Å². The first-order valence-corrected chi connectivity index (χ1v) is 9.87. The number of carbonyl (C=O) groups excluding carboxylic acids is 1. The molecule has 4 rings (SSSR count). The van der Waals surface area contributed by atoms with Gasteiger partial charge in [0, 0.05) is 35.9 Å². The van der Waals surface area contributed by atoms with Gasteiger partial charge in [-0.25, -0.2) is 4.39 Å². The second kappa shape index (κ2) is 7.12. The lowest BCUT2D eigenvalue weighted by Gasteiger charge is -2.42. The average Bonchev–Trinajstić information content (AvgIpc) is 2.97. The van der Waals surface area contributed by atoms with Gasteiger partial charge in [0.1, 0.15) is 11.6 Å². The third kappa shape index (κ3) is 3.34. The van der Waals surface area contributed by atoms with Gasteiger partial charge in [-0.3, -0.25) is 4.79 Å². The van der Waals surface area contributed by atoms with Gasteiger partial charge in [0.25, 0.3) is 5.91 Å². The minimum Gasteiger partial charge on any atom is -0.497 e. The molecule has 2 aromatic carbocycles. The van der Waals surface area contributed by atoms with Gasteiger partial charge < -0.3 is 14.5 Å². The van der Waals surface area contributed by atoms with Crippen LogP contribution in [0.4, 0.5) is 10.1 Å². The molecule has 2 fully saturated rings. The number of fused-ring (bicyclic) bond motifs is 1. The van der Waals surface area contributed by atoms with Gasteiger partial charge in [0.2, 0.25) is 0 Å². The van der Waals surface area contributed by atoms with Gasteiger partial charge in [-0.15, -0.1) is 0 Å². The fourth-order valence-corrected chi connectivity index (χ4v) is 5.02. The van der Waals surface area contributed by atoms with Crippen LogP contribution in [0.2, 0.25) is 0 Å². The van der Waals surface area contributed by atoms with Crippen LogP contribution in [0.15, 0.2) is 48.5 Å². The summed E-state index contributed by atoms with van der Waals surface area (Å²) in [5.41, 5.74) is 1.71. The van der Waals surface area contributed by atoms with Gasteiger partial charge in [0.15, 0.2) is 0 Å². The number of likely N-dealkylation sites (tertiary alicyclic amines) is 1. The number of carbonyl (C=O) groups is 1. The van der Waals surface area contributed by atoms with Crippen LogP contribution in [0.5, 0.6) is 5.75 Å². The maximum Gasteiger partial charge on any atom is 0.253 e. The van der Waals surface area contributed by atoms with Gasteiger partial charge in [0.05, 0.1) is 7.11 Å². The number of methoxy groups -OCH3 is 1. The van der Waals surface area contributed by atoms with Gasteiger partial charge >= 0.3 is 0 Å². The Labute approximate surface area is 165 Å². The largest absolute Gasteiger partial charge is 0.497 e. The Bertz CT molecular complexity index is 865. The highest BCUT2D eigenvalue weighted by Crippen LogP contribution is 2.44. The number of halogens is 1. The molecule has 0 radical (unpaired) electrons. The lowest BCUT2D eigenvalue weighted by atomic mass is 9.89. The molecule has 0 spiro atoms. The molecule has 2 heterocycles. The van der Waals surface area contributed by atoms with Crippen LogP contribution >= 0.6 is 0 Å². The van der Waals surface area contributed by atoms with Crippen molar-refractivity contribution in [3.8, 4) is 5.75 Å². The zero-order chi connectivity index (χ0) is 19.9. The Kier molecular flexibility index (Phi) is 4.77. The van der Waals surface area contributed by atoms with Crippen molar-refractivity contribution < 1.29 is 13.9 Å². The number of ether oxygens (including phenoxy) is 1. The Balaban J connectivity index is 1.53. The summed E-state index contributed by atoms with van der Waals surface area (Å²) in [4.78, 5) is 17.4. The lowest BCUT2D eigenvalue weighted by molar-refractivity contribution is 0.0667. The molecule has 2 atom stereocenters. The van der Waals surface area contributed by atoms with Crippen LogP contribution in [0.3, 0.4) is 0 Å². The standard InChI is InChI=1S/C23H27FN2O2/c1-23(2)14-17-15-25(22(27)16-5-4-6-20(13-16)28-3)12-11-21(17)26(23)19-9-7-18(24)8-10-19/h4-10,13,17,21H,11-12,14-15H2,1-3H3/t17-,21+/m1/s1. The van der Waals surface area contributed by atoms with Crippen LogP contribution in [-0.4, -0.2) is 42.6 Å². The molecule has 0 unspecified atom stereocenters. The minimum absolute atomic E-state index is 0.0256. The van der Waals surface area contributed by atoms with Crippen molar-refractivity contribution in [2.45, 2.75) is 38.3 Å². The van der Waals surface area contributed by atoms with Crippen LogP contribution in [0.1, 0.15) is 37.0 Å². The number of amides is 1. The van der Waals surface area contributed by atoms with E-state index in [2.05, 4.69) is 18.7 Å². The summed E-state index contributed by atoms with van der Waals surface area (Å²) in [6.45, 7) is 5.96. The maximum absolute atomic E-state index is 13.4. The molecular weight excluding hydrogens is 355 g/mol. The van der Waals surface area contributed by atoms with E-state index in [4.69, 9.17) is 4.74 Å². The summed E-state index contributed by atoms with van der Waals surface area (Å²) >= 11 is 0. The first kappa shape index (κ1) is 18.8. The van der Waals surface area contributed by atoms with Crippen LogP contribution in [-0.2, 0) is 0 Å². The first-order chi connectivity index (χ1) is 13.4. The van der Waals surface area contributed by atoms with Crippen molar-refractivity contribution in [1.82, 2.24) is 4.90 Å². The van der Waals surface area contributed by atoms with E-state index in [1.165, 1.54) is 12.1 Å². The highest BCUT2D eigenvalue weighted by atomic mass is 19.1. The minimum atomic E-state index is -0.212. The molecule has 4 nitrogen and oxygen atoms in total. The predicted molar refractivity (Wildman–Crippen MR) is 108 cm³/mol. The van der Waals surface area contributed by atoms with Gasteiger partial charge in [-0.1, -0.05) is 6.07 Å². The van der Waals surface area contributed by atoms with E-state index in [9.17, 15) is 9.18 Å². The second-order valence-corrected chi connectivity index (χ2v) is 8.46. The van der Waals surface area contributed by atoms with E-state index in [0.29, 0.717) is 23.3 Å². The smallest absolute Gasteiger partial charge is 0.253 e. The molecule has 0 aliphatic carbocycles. The summed E-state index contributed by atoms with van der Waals surface area (Å²) in [5.74, 6) is 0.958. The van der Waals surface area contributed by atoms with Crippen LogP contribution < -0.4 is 9.64 Å². The lowest BCUT2D eigenvalue weighted by Crippen LogP contribution is -2.50. The molecule has 0 aromatic heterocycles. The zero-order valence-corrected chi connectivity index (χ0v) is 16.7. The van der Waals surface area contributed by atoms with Crippen molar-refractivity contribution in [2.75, 3.05) is 25.1 Å². The fraction of sp³-hybridized carbons (Fsp3) is 0.435. The predicted octanol–water partition coefficient (Wildman–Crippen LogP) is 4.35. The SMILES string of the molecule is COc1cccc(C(=O)N2CC[C@H]3[C@@H](C2)CC(C)(C)N3c2ccc(F)cc2)c1. The molecule has 5 heteroatoms. The highest BCUT2D eigenvalue weighted by molar-refractivity contribution is 5.94. The van der Waals surface area contributed by atoms with Crippen LogP contribution in [0, 0.1) is 11.7 Å². The second-order valence-electron chi connectivity index (χ2n) is 8.46. The van der Waals surface area contributed by atoms with Crippen LogP contribution in [0.25, 0.3) is 0 Å². The maximum atomic E-state index is 13.4. The summed E-state index contributed by atoms with van der Waals surface area (Å²) in [6.07, 6.45) is 1.93. The van der Waals surface area contributed by atoms with E-state index in [1.807, 2.05) is 35.2 Å². The average molecular weight is 382 g/mol. The molecule has 28 heavy (non-hydrogen) atoms. The number of nitrogens with zero attached hydrogens (tertiary/aromatic N) is 2. The summed E-state index contributed by atoms with van der Waals surface area (Å²) in [5, 5.41) is 0. The molecule has 2 aliphatic heterocycles. The monoisotopic (exact) mass is 382 g/mol. The molecule has 0 bridgehead atoms. The Hall–Kier alpha value is -2.56. The molecule has 2 saturated heterocycles. The molecule has 1 amide bonds. The normalized spacial score (nSPS) is 23.4. The van der Waals surface area contributed by atoms with Gasteiger partial charge in [-0.05, 0) is 75.1 Å². The van der Waals surface area contributed by atoms with Crippen molar-refractivity contribution >= 4 is 11.6 Å². The highest BCUT2D eigenvalue weighted by Gasteiger charge is 2.48.